The third-order valence-corrected chi connectivity index (χ3v) is 5.38. The number of aryl methyl sites for hydroxylation is 1. The van der Waals surface area contributed by atoms with Crippen LogP contribution in [0.15, 0.2) is 24.3 Å². The molecule has 1 aromatic rings. The number of nitrogens with one attached hydrogen (secondary N) is 1. The molecule has 5 nitrogen and oxygen atoms in total. The molecule has 5 heteroatoms. The van der Waals surface area contributed by atoms with E-state index in [1.54, 1.807) is 4.90 Å². The van der Waals surface area contributed by atoms with E-state index in [0.29, 0.717) is 12.5 Å². The SMILES string of the molecule is Cc1cccc(O[C@H]2CCCC[C@@H]2NC(=O)N(C)CC2CC(O)C2)c1. The van der Waals surface area contributed by atoms with Crippen LogP contribution in [0, 0.1) is 12.8 Å². The summed E-state index contributed by atoms with van der Waals surface area (Å²) in [6.45, 7) is 2.76. The van der Waals surface area contributed by atoms with Crippen LogP contribution in [0.25, 0.3) is 0 Å². The summed E-state index contributed by atoms with van der Waals surface area (Å²) in [6, 6.07) is 8.10. The highest BCUT2D eigenvalue weighted by Crippen LogP contribution is 2.28. The van der Waals surface area contributed by atoms with Gasteiger partial charge in [-0.2, -0.15) is 0 Å². The highest BCUT2D eigenvalue weighted by atomic mass is 16.5. The molecule has 0 aromatic heterocycles. The van der Waals surface area contributed by atoms with Crippen LogP contribution in [0.5, 0.6) is 5.75 Å². The number of carbonyl (C=O) groups excluding carboxylic acids is 1. The lowest BCUT2D eigenvalue weighted by Crippen LogP contribution is -2.52. The Morgan fingerprint density at radius 1 is 1.32 bits per heavy atom. The number of urea groups is 1. The van der Waals surface area contributed by atoms with Gasteiger partial charge in [-0.1, -0.05) is 18.6 Å². The molecule has 3 rings (SSSR count). The van der Waals surface area contributed by atoms with Crippen molar-refractivity contribution in [3.63, 3.8) is 0 Å². The van der Waals surface area contributed by atoms with Crippen LogP contribution in [0.4, 0.5) is 4.79 Å². The van der Waals surface area contributed by atoms with Gasteiger partial charge in [0.25, 0.3) is 0 Å². The largest absolute Gasteiger partial charge is 0.488 e. The number of amides is 2. The van der Waals surface area contributed by atoms with Crippen LogP contribution in [-0.4, -0.2) is 47.9 Å². The second kappa shape index (κ2) is 8.09. The van der Waals surface area contributed by atoms with Crippen LogP contribution in [0.1, 0.15) is 44.1 Å². The molecule has 2 N–H and O–H groups in total. The van der Waals surface area contributed by atoms with E-state index in [1.165, 1.54) is 5.56 Å². The molecule has 0 unspecified atom stereocenters. The standard InChI is InChI=1S/C20H30N2O3/c1-14-6-5-7-17(10-14)25-19-9-4-3-8-18(19)21-20(24)22(2)13-15-11-16(23)12-15/h5-7,10,15-16,18-19,23H,3-4,8-9,11-13H2,1-2H3,(H,21,24)/t15?,16?,18-,19-/m0/s1. The Balaban J connectivity index is 1.54. The van der Waals surface area contributed by atoms with E-state index in [-0.39, 0.29) is 24.3 Å². The van der Waals surface area contributed by atoms with Crippen LogP contribution in [-0.2, 0) is 0 Å². The summed E-state index contributed by atoms with van der Waals surface area (Å²) in [6.07, 6.45) is 5.65. The number of nitrogens with zero attached hydrogens (tertiary/aromatic N) is 1. The molecule has 1 aromatic carbocycles. The van der Waals surface area contributed by atoms with Gasteiger partial charge in [-0.3, -0.25) is 0 Å². The minimum atomic E-state index is -0.174. The van der Waals surface area contributed by atoms with Crippen molar-refractivity contribution >= 4 is 6.03 Å². The number of aliphatic hydroxyl groups excluding tert-OH is 1. The molecule has 2 amide bonds. The zero-order chi connectivity index (χ0) is 17.8. The highest BCUT2D eigenvalue weighted by molar-refractivity contribution is 5.74. The Morgan fingerprint density at radius 3 is 2.80 bits per heavy atom. The Morgan fingerprint density at radius 2 is 2.08 bits per heavy atom. The van der Waals surface area contributed by atoms with E-state index >= 15 is 0 Å². The Hall–Kier alpha value is -1.75. The average Bonchev–Trinajstić information content (AvgIpc) is 2.55. The summed E-state index contributed by atoms with van der Waals surface area (Å²) in [7, 11) is 1.83. The van der Waals surface area contributed by atoms with Crippen LogP contribution >= 0.6 is 0 Å². The van der Waals surface area contributed by atoms with Crippen molar-refractivity contribution < 1.29 is 14.6 Å². The Kier molecular flexibility index (Phi) is 5.84. The van der Waals surface area contributed by atoms with Gasteiger partial charge in [0.15, 0.2) is 0 Å². The summed E-state index contributed by atoms with van der Waals surface area (Å²) in [5.74, 6) is 1.31. The summed E-state index contributed by atoms with van der Waals surface area (Å²) < 4.78 is 6.19. The molecule has 2 saturated carbocycles. The zero-order valence-electron chi connectivity index (χ0n) is 15.3. The monoisotopic (exact) mass is 346 g/mol. The smallest absolute Gasteiger partial charge is 0.317 e. The summed E-state index contributed by atoms with van der Waals surface area (Å²) in [5.41, 5.74) is 1.18. The Bertz CT molecular complexity index is 586. The van der Waals surface area contributed by atoms with Gasteiger partial charge >= 0.3 is 6.03 Å². The normalized spacial score (nSPS) is 28.8. The first-order valence-electron chi connectivity index (χ1n) is 9.44. The molecule has 25 heavy (non-hydrogen) atoms. The third-order valence-electron chi connectivity index (χ3n) is 5.38. The second-order valence-electron chi connectivity index (χ2n) is 7.69. The summed E-state index contributed by atoms with van der Waals surface area (Å²) in [5, 5.41) is 12.6. The molecule has 2 aliphatic rings. The zero-order valence-corrected chi connectivity index (χ0v) is 15.3. The molecule has 0 radical (unpaired) electrons. The molecule has 0 bridgehead atoms. The summed E-state index contributed by atoms with van der Waals surface area (Å²) >= 11 is 0. The minimum Gasteiger partial charge on any atom is -0.488 e. The van der Waals surface area contributed by atoms with Crippen LogP contribution in [0.2, 0.25) is 0 Å². The first-order chi connectivity index (χ1) is 12.0. The van der Waals surface area contributed by atoms with Crippen molar-refractivity contribution in [2.45, 2.75) is 63.7 Å². The predicted octanol–water partition coefficient (Wildman–Crippen LogP) is 3.10. The molecular weight excluding hydrogens is 316 g/mol. The first kappa shape index (κ1) is 18.1. The molecular formula is C20H30N2O3. The Labute approximate surface area is 150 Å². The van der Waals surface area contributed by atoms with Gasteiger partial charge in [0.1, 0.15) is 11.9 Å². The van der Waals surface area contributed by atoms with Crippen LogP contribution < -0.4 is 10.1 Å². The topological polar surface area (TPSA) is 61.8 Å². The van der Waals surface area contributed by atoms with Crippen molar-refractivity contribution in [1.29, 1.82) is 0 Å². The molecule has 0 aliphatic heterocycles. The maximum absolute atomic E-state index is 12.5. The first-order valence-corrected chi connectivity index (χ1v) is 9.44. The molecule has 0 spiro atoms. The number of carbonyl (C=O) groups is 1. The van der Waals surface area contributed by atoms with E-state index in [0.717, 1.165) is 44.3 Å². The van der Waals surface area contributed by atoms with Crippen molar-refractivity contribution in [2.75, 3.05) is 13.6 Å². The fraction of sp³-hybridized carbons (Fsp3) is 0.650. The lowest BCUT2D eigenvalue weighted by molar-refractivity contribution is 0.0317. The minimum absolute atomic E-state index is 0.0263. The van der Waals surface area contributed by atoms with Gasteiger partial charge in [0.2, 0.25) is 0 Å². The molecule has 2 atom stereocenters. The van der Waals surface area contributed by atoms with E-state index in [2.05, 4.69) is 18.3 Å². The van der Waals surface area contributed by atoms with E-state index < -0.39 is 0 Å². The van der Waals surface area contributed by atoms with Gasteiger partial charge in [-0.15, -0.1) is 0 Å². The van der Waals surface area contributed by atoms with Gasteiger partial charge in [-0.25, -0.2) is 4.79 Å². The maximum atomic E-state index is 12.5. The van der Waals surface area contributed by atoms with Crippen molar-refractivity contribution in [2.24, 2.45) is 5.92 Å². The molecule has 2 fully saturated rings. The predicted molar refractivity (Wildman–Crippen MR) is 97.7 cm³/mol. The fourth-order valence-electron chi connectivity index (χ4n) is 3.86. The number of benzene rings is 1. The third kappa shape index (κ3) is 4.88. The average molecular weight is 346 g/mol. The van der Waals surface area contributed by atoms with Gasteiger partial charge < -0.3 is 20.1 Å². The molecule has 2 aliphatic carbocycles. The van der Waals surface area contributed by atoms with Gasteiger partial charge in [0, 0.05) is 13.6 Å². The van der Waals surface area contributed by atoms with Gasteiger partial charge in [-0.05, 0) is 62.6 Å². The van der Waals surface area contributed by atoms with Crippen molar-refractivity contribution in [1.82, 2.24) is 10.2 Å². The number of aliphatic hydroxyl groups is 1. The summed E-state index contributed by atoms with van der Waals surface area (Å²) in [4.78, 5) is 14.3. The molecule has 0 heterocycles. The van der Waals surface area contributed by atoms with E-state index in [9.17, 15) is 9.90 Å². The number of hydrogen-bond acceptors (Lipinski definition) is 3. The fourth-order valence-corrected chi connectivity index (χ4v) is 3.86. The number of rotatable bonds is 5. The lowest BCUT2D eigenvalue weighted by atomic mass is 9.82. The quantitative estimate of drug-likeness (QED) is 0.861. The van der Waals surface area contributed by atoms with Gasteiger partial charge in [0.05, 0.1) is 12.1 Å². The van der Waals surface area contributed by atoms with Crippen molar-refractivity contribution in [3.05, 3.63) is 29.8 Å². The lowest BCUT2D eigenvalue weighted by Gasteiger charge is -2.36. The molecule has 0 saturated heterocycles. The van der Waals surface area contributed by atoms with E-state index in [1.807, 2.05) is 25.2 Å². The maximum Gasteiger partial charge on any atom is 0.317 e. The molecule has 138 valence electrons. The van der Waals surface area contributed by atoms with Crippen molar-refractivity contribution in [3.8, 4) is 5.75 Å². The van der Waals surface area contributed by atoms with Crippen LogP contribution in [0.3, 0.4) is 0 Å². The van der Waals surface area contributed by atoms with E-state index in [4.69, 9.17) is 4.74 Å². The highest BCUT2D eigenvalue weighted by Gasteiger charge is 2.32. The number of ether oxygens (including phenoxy) is 1. The second-order valence-corrected chi connectivity index (χ2v) is 7.69. The number of hydrogen-bond donors (Lipinski definition) is 2.